The average molecular weight is 500 g/mol. The molecule has 3 rings (SSSR count). The molecule has 2 aromatic carbocycles. The van der Waals surface area contributed by atoms with Crippen molar-refractivity contribution in [3.05, 3.63) is 72.1 Å². The van der Waals surface area contributed by atoms with E-state index in [1.165, 1.54) is 0 Å². The van der Waals surface area contributed by atoms with E-state index in [4.69, 9.17) is 9.88 Å². The quantitative estimate of drug-likeness (QED) is 0.298. The van der Waals surface area contributed by atoms with Crippen LogP contribution in [0, 0.1) is 6.92 Å². The molecule has 1 heterocycles. The number of ether oxygens (including phenoxy) is 1. The van der Waals surface area contributed by atoms with Crippen LogP contribution in [0.15, 0.2) is 60.8 Å². The summed E-state index contributed by atoms with van der Waals surface area (Å²) in [6, 6.07) is 15.8. The molecule has 0 bridgehead atoms. The minimum Gasteiger partial charge on any atom is -0.445 e. The van der Waals surface area contributed by atoms with Gasteiger partial charge < -0.3 is 15.4 Å². The number of nitrogens with zero attached hydrogens (tertiary/aromatic N) is 1. The zero-order valence-corrected chi connectivity index (χ0v) is 20.2. The Labute approximate surface area is 204 Å². The molecule has 3 aromatic rings. The summed E-state index contributed by atoms with van der Waals surface area (Å²) in [5, 5.41) is 12.2. The van der Waals surface area contributed by atoms with Gasteiger partial charge in [-0.3, -0.25) is 9.78 Å². The largest absolute Gasteiger partial charge is 0.445 e. The Morgan fingerprint density at radius 1 is 1.06 bits per heavy atom. The summed E-state index contributed by atoms with van der Waals surface area (Å²) in [5.74, 6) is -0.428. The zero-order chi connectivity index (χ0) is 25.3. The van der Waals surface area contributed by atoms with Crippen LogP contribution in [0.2, 0.25) is 0 Å². The number of carbonyl (C=O) groups excluding carboxylic acids is 2. The molecule has 0 aliphatic rings. The molecule has 10 nitrogen and oxygen atoms in total. The van der Waals surface area contributed by atoms with Crippen molar-refractivity contribution in [3.63, 3.8) is 0 Å². The van der Waals surface area contributed by atoms with E-state index in [9.17, 15) is 18.0 Å². The monoisotopic (exact) mass is 499 g/mol. The van der Waals surface area contributed by atoms with Crippen molar-refractivity contribution in [2.75, 3.05) is 11.9 Å². The van der Waals surface area contributed by atoms with Gasteiger partial charge in [0.05, 0.1) is 11.4 Å². The average Bonchev–Trinajstić information content (AvgIpc) is 2.83. The van der Waals surface area contributed by atoms with Gasteiger partial charge in [-0.25, -0.2) is 14.7 Å². The molecule has 2 amide bonds. The standard InChI is InChI=1S/C24H29N5O5S/c1-17-22(20-12-6-5-11-19(20)15-26-17)29-23(30)21(13-7-8-14-27-35(25,32)33)28-24(31)34-16-18-9-3-2-4-10-18/h2-6,9-12,15,21,27H,7-8,13-14,16H2,1H3,(H,28,31)(H,29,30)(H2,25,32,33)/t21-/m1/s1. The SMILES string of the molecule is Cc1ncc2ccccc2c1NC(=O)[C@@H](CCCCNS(N)(=O)=O)NC(=O)OCc1ccccc1. The minimum absolute atomic E-state index is 0.0612. The van der Waals surface area contributed by atoms with Gasteiger partial charge in [-0.1, -0.05) is 54.6 Å². The first kappa shape index (κ1) is 26.1. The summed E-state index contributed by atoms with van der Waals surface area (Å²) in [5.41, 5.74) is 2.02. The summed E-state index contributed by atoms with van der Waals surface area (Å²) in [6.07, 6.45) is 2.14. The highest BCUT2D eigenvalue weighted by Crippen LogP contribution is 2.25. The lowest BCUT2D eigenvalue weighted by Crippen LogP contribution is -2.44. The maximum absolute atomic E-state index is 13.2. The van der Waals surface area contributed by atoms with Crippen LogP contribution in [-0.4, -0.2) is 38.0 Å². The van der Waals surface area contributed by atoms with Gasteiger partial charge in [0.2, 0.25) is 5.91 Å². The lowest BCUT2D eigenvalue weighted by atomic mass is 10.1. The lowest BCUT2D eigenvalue weighted by Gasteiger charge is -2.20. The van der Waals surface area contributed by atoms with Gasteiger partial charge in [0.25, 0.3) is 10.2 Å². The van der Waals surface area contributed by atoms with Crippen LogP contribution >= 0.6 is 0 Å². The van der Waals surface area contributed by atoms with E-state index < -0.39 is 28.3 Å². The normalized spacial score (nSPS) is 12.2. The second-order valence-electron chi connectivity index (χ2n) is 7.99. The topological polar surface area (TPSA) is 153 Å². The summed E-state index contributed by atoms with van der Waals surface area (Å²) < 4.78 is 29.5. The lowest BCUT2D eigenvalue weighted by molar-refractivity contribution is -0.118. The summed E-state index contributed by atoms with van der Waals surface area (Å²) in [6.45, 7) is 1.97. The highest BCUT2D eigenvalue weighted by Gasteiger charge is 2.23. The van der Waals surface area contributed by atoms with Crippen molar-refractivity contribution in [2.45, 2.75) is 38.8 Å². The van der Waals surface area contributed by atoms with E-state index in [0.29, 0.717) is 24.2 Å². The summed E-state index contributed by atoms with van der Waals surface area (Å²) in [4.78, 5) is 30.0. The molecule has 0 fully saturated rings. The Morgan fingerprint density at radius 2 is 1.77 bits per heavy atom. The molecule has 0 saturated heterocycles. The number of unbranched alkanes of at least 4 members (excludes halogenated alkanes) is 1. The Bertz CT molecular complexity index is 1270. The maximum Gasteiger partial charge on any atom is 0.408 e. The maximum atomic E-state index is 13.2. The number of alkyl carbamates (subject to hydrolysis) is 1. The fraction of sp³-hybridized carbons (Fsp3) is 0.292. The second kappa shape index (κ2) is 12.2. The van der Waals surface area contributed by atoms with Crippen LogP contribution in [0.1, 0.15) is 30.5 Å². The Hall–Kier alpha value is -3.54. The van der Waals surface area contributed by atoms with E-state index >= 15 is 0 Å². The van der Waals surface area contributed by atoms with Crippen LogP contribution in [0.5, 0.6) is 0 Å². The second-order valence-corrected chi connectivity index (χ2v) is 9.37. The molecule has 11 heteroatoms. The highest BCUT2D eigenvalue weighted by atomic mass is 32.2. The number of nitrogens with one attached hydrogen (secondary N) is 3. The Morgan fingerprint density at radius 3 is 2.51 bits per heavy atom. The molecule has 186 valence electrons. The fourth-order valence-corrected chi connectivity index (χ4v) is 3.92. The Kier molecular flexibility index (Phi) is 9.12. The number of nitrogens with two attached hydrogens (primary N) is 1. The van der Waals surface area contributed by atoms with Crippen molar-refractivity contribution in [2.24, 2.45) is 5.14 Å². The number of aryl methyl sites for hydroxylation is 1. The van der Waals surface area contributed by atoms with Crippen LogP contribution in [0.4, 0.5) is 10.5 Å². The van der Waals surface area contributed by atoms with E-state index in [-0.39, 0.29) is 19.6 Å². The smallest absolute Gasteiger partial charge is 0.408 e. The number of benzene rings is 2. The molecule has 0 saturated carbocycles. The molecule has 5 N–H and O–H groups in total. The van der Waals surface area contributed by atoms with Crippen molar-refractivity contribution in [1.29, 1.82) is 0 Å². The zero-order valence-electron chi connectivity index (χ0n) is 19.4. The van der Waals surface area contributed by atoms with Gasteiger partial charge in [0.1, 0.15) is 12.6 Å². The first-order valence-corrected chi connectivity index (χ1v) is 12.7. The van der Waals surface area contributed by atoms with E-state index in [1.807, 2.05) is 54.6 Å². The molecule has 0 aliphatic carbocycles. The molecule has 0 aliphatic heterocycles. The number of amides is 2. The van der Waals surface area contributed by atoms with Crippen molar-refractivity contribution >= 4 is 38.7 Å². The third-order valence-corrected chi connectivity index (χ3v) is 5.89. The molecule has 0 radical (unpaired) electrons. The number of hydrogen-bond acceptors (Lipinski definition) is 6. The molecular formula is C24H29N5O5S. The van der Waals surface area contributed by atoms with E-state index in [0.717, 1.165) is 16.3 Å². The number of hydrogen-bond donors (Lipinski definition) is 4. The third kappa shape index (κ3) is 8.32. The molecule has 0 spiro atoms. The molecule has 0 unspecified atom stereocenters. The van der Waals surface area contributed by atoms with Gasteiger partial charge in [0.15, 0.2) is 0 Å². The molecule has 1 atom stereocenters. The van der Waals surface area contributed by atoms with Gasteiger partial charge in [-0.2, -0.15) is 8.42 Å². The van der Waals surface area contributed by atoms with Crippen molar-refractivity contribution < 1.29 is 22.7 Å². The third-order valence-electron chi connectivity index (χ3n) is 5.28. The van der Waals surface area contributed by atoms with Crippen LogP contribution in [0.3, 0.4) is 0 Å². The summed E-state index contributed by atoms with van der Waals surface area (Å²) >= 11 is 0. The number of aromatic nitrogens is 1. The first-order valence-electron chi connectivity index (χ1n) is 11.1. The van der Waals surface area contributed by atoms with Gasteiger partial charge >= 0.3 is 6.09 Å². The predicted octanol–water partition coefficient (Wildman–Crippen LogP) is 2.74. The van der Waals surface area contributed by atoms with Crippen LogP contribution < -0.4 is 20.5 Å². The fourth-order valence-electron chi connectivity index (χ4n) is 3.49. The number of anilines is 1. The van der Waals surface area contributed by atoms with E-state index in [2.05, 4.69) is 20.3 Å². The molecule has 1 aromatic heterocycles. The van der Waals surface area contributed by atoms with Gasteiger partial charge in [-0.05, 0) is 31.7 Å². The molecule has 35 heavy (non-hydrogen) atoms. The van der Waals surface area contributed by atoms with Gasteiger partial charge in [-0.15, -0.1) is 0 Å². The highest BCUT2D eigenvalue weighted by molar-refractivity contribution is 7.87. The van der Waals surface area contributed by atoms with Crippen molar-refractivity contribution in [3.8, 4) is 0 Å². The molecular weight excluding hydrogens is 470 g/mol. The van der Waals surface area contributed by atoms with Crippen LogP contribution in [-0.2, 0) is 26.3 Å². The van der Waals surface area contributed by atoms with Crippen molar-refractivity contribution in [1.82, 2.24) is 15.0 Å². The number of rotatable bonds is 11. The minimum atomic E-state index is -3.79. The van der Waals surface area contributed by atoms with Gasteiger partial charge in [0, 0.05) is 23.5 Å². The number of fused-ring (bicyclic) bond motifs is 1. The number of pyridine rings is 1. The first-order chi connectivity index (χ1) is 16.7. The predicted molar refractivity (Wildman–Crippen MR) is 134 cm³/mol. The Balaban J connectivity index is 1.68. The van der Waals surface area contributed by atoms with E-state index in [1.54, 1.807) is 13.1 Å². The number of carbonyl (C=O) groups is 2. The van der Waals surface area contributed by atoms with Crippen LogP contribution in [0.25, 0.3) is 10.8 Å². The summed E-state index contributed by atoms with van der Waals surface area (Å²) in [7, 11) is -3.79.